The molecular formula is C16H17BrClNO2. The van der Waals surface area contributed by atoms with E-state index in [1.165, 1.54) is 0 Å². The summed E-state index contributed by atoms with van der Waals surface area (Å²) in [6.45, 7) is 2.93. The second kappa shape index (κ2) is 5.11. The molecule has 1 aliphatic carbocycles. The zero-order valence-electron chi connectivity index (χ0n) is 11.7. The van der Waals surface area contributed by atoms with Crippen molar-refractivity contribution in [2.45, 2.75) is 30.9 Å². The number of nitrogens with zero attached hydrogens (tertiary/aromatic N) is 1. The van der Waals surface area contributed by atoms with Crippen molar-refractivity contribution in [3.05, 3.63) is 46.5 Å². The van der Waals surface area contributed by atoms with E-state index < -0.39 is 16.4 Å². The van der Waals surface area contributed by atoms with Gasteiger partial charge in [0.05, 0.1) is 5.38 Å². The molecule has 1 aromatic carbocycles. The number of hydrogen-bond acceptors (Lipinski definition) is 2. The highest BCUT2D eigenvalue weighted by atomic mass is 79.9. The van der Waals surface area contributed by atoms with Gasteiger partial charge in [-0.3, -0.25) is 4.79 Å². The Morgan fingerprint density at radius 1 is 1.43 bits per heavy atom. The number of benzene rings is 1. The van der Waals surface area contributed by atoms with E-state index in [0.717, 1.165) is 10.0 Å². The molecule has 1 heterocycles. The number of allylic oxidation sites excluding steroid dienone is 1. The second-order valence-corrected chi connectivity index (χ2v) is 7.65. The molecule has 1 N–H and O–H groups in total. The molecule has 0 spiro atoms. The van der Waals surface area contributed by atoms with Crippen LogP contribution in [0, 0.1) is 5.41 Å². The van der Waals surface area contributed by atoms with E-state index in [0.29, 0.717) is 19.5 Å². The molecule has 3 nitrogen and oxygen atoms in total. The molecule has 1 aromatic rings. The highest BCUT2D eigenvalue weighted by molar-refractivity contribution is 9.11. The average molecular weight is 371 g/mol. The summed E-state index contributed by atoms with van der Waals surface area (Å²) in [6, 6.07) is 9.80. The maximum atomic E-state index is 12.7. The van der Waals surface area contributed by atoms with Crippen LogP contribution in [0.2, 0.25) is 0 Å². The van der Waals surface area contributed by atoms with Crippen molar-refractivity contribution in [1.29, 1.82) is 0 Å². The van der Waals surface area contributed by atoms with Gasteiger partial charge in [-0.1, -0.05) is 59.3 Å². The van der Waals surface area contributed by atoms with Gasteiger partial charge in [-0.25, -0.2) is 0 Å². The lowest BCUT2D eigenvalue weighted by Crippen LogP contribution is -2.56. The van der Waals surface area contributed by atoms with Crippen molar-refractivity contribution in [3.63, 3.8) is 0 Å². The van der Waals surface area contributed by atoms with E-state index in [4.69, 9.17) is 11.6 Å². The summed E-state index contributed by atoms with van der Waals surface area (Å²) in [5.41, 5.74) is -1.05. The Morgan fingerprint density at radius 3 is 2.76 bits per heavy atom. The largest absolute Gasteiger partial charge is 0.378 e. The van der Waals surface area contributed by atoms with Gasteiger partial charge in [0.25, 0.3) is 5.91 Å². The Hall–Kier alpha value is -0.840. The summed E-state index contributed by atoms with van der Waals surface area (Å²) in [5.74, 6) is -0.273. The van der Waals surface area contributed by atoms with Gasteiger partial charge in [-0.05, 0) is 16.5 Å². The fourth-order valence-electron chi connectivity index (χ4n) is 3.40. The first kappa shape index (κ1) is 15.1. The highest BCUT2D eigenvalue weighted by Crippen LogP contribution is 2.52. The van der Waals surface area contributed by atoms with Crippen LogP contribution >= 0.6 is 27.5 Å². The minimum absolute atomic E-state index is 0.273. The van der Waals surface area contributed by atoms with Gasteiger partial charge in [0.15, 0.2) is 5.60 Å². The lowest BCUT2D eigenvalue weighted by atomic mass is 9.68. The van der Waals surface area contributed by atoms with Crippen LogP contribution in [0.15, 0.2) is 40.9 Å². The van der Waals surface area contributed by atoms with E-state index in [-0.39, 0.29) is 5.91 Å². The molecule has 5 heteroatoms. The number of aliphatic hydroxyl groups is 1. The number of carbonyl (C=O) groups is 1. The van der Waals surface area contributed by atoms with Crippen LogP contribution in [0.3, 0.4) is 0 Å². The summed E-state index contributed by atoms with van der Waals surface area (Å²) >= 11 is 9.77. The lowest BCUT2D eigenvalue weighted by molar-refractivity contribution is -0.149. The van der Waals surface area contributed by atoms with Crippen LogP contribution < -0.4 is 0 Å². The summed E-state index contributed by atoms with van der Waals surface area (Å²) in [6.07, 6.45) is 2.34. The van der Waals surface area contributed by atoms with Crippen LogP contribution in [0.4, 0.5) is 0 Å². The summed E-state index contributed by atoms with van der Waals surface area (Å²) < 4.78 is 0.948. The fraction of sp³-hybridized carbons (Fsp3) is 0.438. The molecule has 1 saturated heterocycles. The zero-order valence-corrected chi connectivity index (χ0v) is 14.1. The smallest absolute Gasteiger partial charge is 0.257 e. The number of amides is 1. The van der Waals surface area contributed by atoms with Crippen LogP contribution in [-0.4, -0.2) is 33.4 Å². The highest BCUT2D eigenvalue weighted by Gasteiger charge is 2.65. The maximum absolute atomic E-state index is 12.7. The van der Waals surface area contributed by atoms with Gasteiger partial charge in [0.1, 0.15) is 0 Å². The summed E-state index contributed by atoms with van der Waals surface area (Å²) in [7, 11) is 0. The number of carbonyl (C=O) groups excluding carboxylic acids is 1. The first-order chi connectivity index (χ1) is 9.87. The summed E-state index contributed by atoms with van der Waals surface area (Å²) in [4.78, 5) is 14.4. The number of alkyl halides is 1. The topological polar surface area (TPSA) is 40.5 Å². The van der Waals surface area contributed by atoms with E-state index in [2.05, 4.69) is 15.9 Å². The number of hydrogen-bond donors (Lipinski definition) is 1. The molecule has 2 aliphatic rings. The standard InChI is InChI=1S/C16H17BrClNO2/c1-15-8-12(17)7-13(18)16(15,21)14(20)19(10-15)9-11-5-3-2-4-6-11/h2-7,13,21H,8-10H2,1H3/t13-,15+,16-/m0/s1. The molecule has 112 valence electrons. The van der Waals surface area contributed by atoms with Crippen LogP contribution in [0.1, 0.15) is 18.9 Å². The molecule has 1 fully saturated rings. The number of likely N-dealkylation sites (tertiary alicyclic amines) is 1. The minimum atomic E-state index is -1.53. The number of fused-ring (bicyclic) bond motifs is 1. The van der Waals surface area contributed by atoms with Crippen molar-refractivity contribution in [3.8, 4) is 0 Å². The Labute approximate surface area is 137 Å². The van der Waals surface area contributed by atoms with Gasteiger partial charge in [-0.15, -0.1) is 11.6 Å². The third kappa shape index (κ3) is 2.24. The Bertz CT molecular complexity index is 606. The summed E-state index contributed by atoms with van der Waals surface area (Å²) in [5, 5.41) is 10.3. The SMILES string of the molecule is C[C@]12CC(Br)=C[C@H](Cl)[C@]1(O)C(=O)N(Cc1ccccc1)C2. The first-order valence-electron chi connectivity index (χ1n) is 6.93. The molecule has 0 saturated carbocycles. The monoisotopic (exact) mass is 369 g/mol. The van der Waals surface area contributed by atoms with E-state index in [1.807, 2.05) is 37.3 Å². The normalized spacial score (nSPS) is 35.6. The molecule has 1 aliphatic heterocycles. The minimum Gasteiger partial charge on any atom is -0.378 e. The molecule has 1 amide bonds. The van der Waals surface area contributed by atoms with Gasteiger partial charge in [0.2, 0.25) is 0 Å². The zero-order chi connectivity index (χ0) is 15.3. The van der Waals surface area contributed by atoms with E-state index >= 15 is 0 Å². The third-order valence-corrected chi connectivity index (χ3v) is 5.56. The molecule has 0 unspecified atom stereocenters. The van der Waals surface area contributed by atoms with Gasteiger partial charge < -0.3 is 10.0 Å². The van der Waals surface area contributed by atoms with Gasteiger partial charge in [-0.2, -0.15) is 0 Å². The van der Waals surface area contributed by atoms with Crippen LogP contribution in [-0.2, 0) is 11.3 Å². The lowest BCUT2D eigenvalue weighted by Gasteiger charge is -2.41. The Morgan fingerprint density at radius 2 is 2.10 bits per heavy atom. The maximum Gasteiger partial charge on any atom is 0.257 e. The molecule has 0 aromatic heterocycles. The van der Waals surface area contributed by atoms with Crippen molar-refractivity contribution < 1.29 is 9.90 Å². The van der Waals surface area contributed by atoms with E-state index in [9.17, 15) is 9.90 Å². The average Bonchev–Trinajstić information content (AvgIpc) is 2.62. The fourth-order valence-corrected chi connectivity index (χ4v) is 4.94. The Kier molecular flexibility index (Phi) is 3.67. The van der Waals surface area contributed by atoms with Gasteiger partial charge >= 0.3 is 0 Å². The molecule has 0 radical (unpaired) electrons. The third-order valence-electron chi connectivity index (χ3n) is 4.57. The van der Waals surface area contributed by atoms with Crippen molar-refractivity contribution in [2.24, 2.45) is 5.41 Å². The van der Waals surface area contributed by atoms with Crippen molar-refractivity contribution >= 4 is 33.4 Å². The second-order valence-electron chi connectivity index (χ2n) is 6.17. The van der Waals surface area contributed by atoms with Crippen LogP contribution in [0.5, 0.6) is 0 Å². The number of rotatable bonds is 2. The predicted molar refractivity (Wildman–Crippen MR) is 86.2 cm³/mol. The predicted octanol–water partition coefficient (Wildman–Crippen LogP) is 3.06. The first-order valence-corrected chi connectivity index (χ1v) is 8.16. The quantitative estimate of drug-likeness (QED) is 0.813. The van der Waals surface area contributed by atoms with Crippen molar-refractivity contribution in [2.75, 3.05) is 6.54 Å². The molecule has 21 heavy (non-hydrogen) atoms. The van der Waals surface area contributed by atoms with E-state index in [1.54, 1.807) is 11.0 Å². The Balaban J connectivity index is 1.91. The molecule has 3 atom stereocenters. The number of halogens is 2. The molecule has 3 rings (SSSR count). The molecule has 0 bridgehead atoms. The van der Waals surface area contributed by atoms with Crippen LogP contribution in [0.25, 0.3) is 0 Å². The van der Waals surface area contributed by atoms with Gasteiger partial charge in [0, 0.05) is 18.5 Å². The van der Waals surface area contributed by atoms with Crippen molar-refractivity contribution in [1.82, 2.24) is 4.90 Å². The molecular weight excluding hydrogens is 354 g/mol.